The van der Waals surface area contributed by atoms with Crippen LogP contribution in [0.4, 0.5) is 19.0 Å². The van der Waals surface area contributed by atoms with E-state index in [9.17, 15) is 13.2 Å². The zero-order valence-corrected chi connectivity index (χ0v) is 16.3. The first-order valence-corrected chi connectivity index (χ1v) is 7.79. The molecule has 0 saturated carbocycles. The molecule has 4 heterocycles. The number of hydrogen-bond donors (Lipinski definition) is 1. The highest BCUT2D eigenvalue weighted by molar-refractivity contribution is 5.86. The number of fused-ring (bicyclic) bond motifs is 1. The van der Waals surface area contributed by atoms with Crippen molar-refractivity contribution in [2.75, 3.05) is 31.1 Å². The van der Waals surface area contributed by atoms with Crippen molar-refractivity contribution in [3.63, 3.8) is 0 Å². The number of nitrogens with zero attached hydrogens (tertiary/aromatic N) is 4. The van der Waals surface area contributed by atoms with Gasteiger partial charge in [0.25, 0.3) is 0 Å². The predicted molar refractivity (Wildman–Crippen MR) is 101 cm³/mol. The summed E-state index contributed by atoms with van der Waals surface area (Å²) in [6, 6.07) is 1.56. The van der Waals surface area contributed by atoms with E-state index in [0.29, 0.717) is 5.52 Å². The van der Waals surface area contributed by atoms with Gasteiger partial charge in [0.05, 0.1) is 6.42 Å². The summed E-state index contributed by atoms with van der Waals surface area (Å²) in [5, 5.41) is 7.46. The average Bonchev–Trinajstić information content (AvgIpc) is 3.17. The number of rotatable bonds is 2. The van der Waals surface area contributed by atoms with Gasteiger partial charge in [0.2, 0.25) is 0 Å². The van der Waals surface area contributed by atoms with Crippen molar-refractivity contribution >= 4 is 48.6 Å². The Morgan fingerprint density at radius 3 is 2.62 bits per heavy atom. The minimum atomic E-state index is -4.22. The topological polar surface area (TPSA) is 45.5 Å². The lowest BCUT2D eigenvalue weighted by Crippen LogP contribution is -2.29. The fraction of sp³-hybridized carbons (Fsp3) is 0.600. The third kappa shape index (κ3) is 4.47. The summed E-state index contributed by atoms with van der Waals surface area (Å²) in [5.41, 5.74) is 1.15. The Labute approximate surface area is 167 Å². The van der Waals surface area contributed by atoms with Crippen LogP contribution in [0.15, 0.2) is 18.6 Å². The molecule has 11 heteroatoms. The zero-order valence-electron chi connectivity index (χ0n) is 13.8. The van der Waals surface area contributed by atoms with Crippen LogP contribution in [0.2, 0.25) is 0 Å². The van der Waals surface area contributed by atoms with Crippen LogP contribution in [-0.2, 0) is 6.42 Å². The molecule has 0 bridgehead atoms. The SMILES string of the molecule is Cl.Cl.Cl.FC(F)(F)Cc1cc2c(N3CCC4(CCNC4)C3)ncnn2c1. The van der Waals surface area contributed by atoms with Crippen LogP contribution >= 0.6 is 37.2 Å². The van der Waals surface area contributed by atoms with Crippen molar-refractivity contribution < 1.29 is 13.2 Å². The fourth-order valence-corrected chi connectivity index (χ4v) is 3.80. The Bertz CT molecular complexity index is 731. The van der Waals surface area contributed by atoms with E-state index in [1.54, 1.807) is 6.07 Å². The van der Waals surface area contributed by atoms with Crippen LogP contribution < -0.4 is 10.2 Å². The Hall–Kier alpha value is -0.960. The summed E-state index contributed by atoms with van der Waals surface area (Å²) in [4.78, 5) is 6.53. The van der Waals surface area contributed by atoms with Crippen LogP contribution in [0.25, 0.3) is 5.52 Å². The first kappa shape index (κ1) is 23.1. The lowest BCUT2D eigenvalue weighted by atomic mass is 9.87. The van der Waals surface area contributed by atoms with Gasteiger partial charge in [-0.3, -0.25) is 0 Å². The van der Waals surface area contributed by atoms with Crippen LogP contribution in [0, 0.1) is 5.41 Å². The van der Waals surface area contributed by atoms with E-state index < -0.39 is 12.6 Å². The van der Waals surface area contributed by atoms with Gasteiger partial charge < -0.3 is 10.2 Å². The first-order chi connectivity index (χ1) is 10.9. The molecule has 0 aliphatic carbocycles. The van der Waals surface area contributed by atoms with Gasteiger partial charge in [-0.05, 0) is 31.0 Å². The van der Waals surface area contributed by atoms with E-state index in [0.717, 1.165) is 44.8 Å². The Morgan fingerprint density at radius 2 is 1.96 bits per heavy atom. The van der Waals surface area contributed by atoms with E-state index in [1.165, 1.54) is 17.0 Å². The van der Waals surface area contributed by atoms with E-state index in [2.05, 4.69) is 20.3 Å². The van der Waals surface area contributed by atoms with Crippen molar-refractivity contribution in [1.82, 2.24) is 19.9 Å². The van der Waals surface area contributed by atoms with Gasteiger partial charge in [-0.15, -0.1) is 37.2 Å². The molecule has 2 aliphatic rings. The van der Waals surface area contributed by atoms with Crippen LogP contribution in [-0.4, -0.2) is 47.0 Å². The molecule has 1 N–H and O–H groups in total. The summed E-state index contributed by atoms with van der Waals surface area (Å²) in [7, 11) is 0. The van der Waals surface area contributed by atoms with Gasteiger partial charge in [-0.1, -0.05) is 0 Å². The summed E-state index contributed by atoms with van der Waals surface area (Å²) in [6.07, 6.45) is -0.0680. The number of aromatic nitrogens is 3. The molecule has 2 aromatic rings. The minimum Gasteiger partial charge on any atom is -0.354 e. The maximum Gasteiger partial charge on any atom is 0.393 e. The van der Waals surface area contributed by atoms with Crippen LogP contribution in [0.3, 0.4) is 0 Å². The minimum absolute atomic E-state index is 0. The molecule has 0 amide bonds. The molecule has 26 heavy (non-hydrogen) atoms. The molecule has 2 fully saturated rings. The molecule has 5 nitrogen and oxygen atoms in total. The lowest BCUT2D eigenvalue weighted by Gasteiger charge is -2.23. The highest BCUT2D eigenvalue weighted by atomic mass is 35.5. The third-order valence-electron chi connectivity index (χ3n) is 4.92. The van der Waals surface area contributed by atoms with E-state index in [1.807, 2.05) is 0 Å². The van der Waals surface area contributed by atoms with Crippen molar-refractivity contribution in [3.05, 3.63) is 24.2 Å². The average molecular weight is 435 g/mol. The van der Waals surface area contributed by atoms with E-state index >= 15 is 0 Å². The molecule has 2 saturated heterocycles. The number of nitrogens with one attached hydrogen (secondary N) is 1. The molecule has 0 radical (unpaired) electrons. The lowest BCUT2D eigenvalue weighted by molar-refractivity contribution is -0.127. The second kappa shape index (κ2) is 8.37. The van der Waals surface area contributed by atoms with Crippen molar-refractivity contribution in [3.8, 4) is 0 Å². The third-order valence-corrected chi connectivity index (χ3v) is 4.92. The summed E-state index contributed by atoms with van der Waals surface area (Å²) >= 11 is 0. The number of halogens is 6. The summed E-state index contributed by atoms with van der Waals surface area (Å²) < 4.78 is 39.3. The Balaban J connectivity index is 0.00000113. The van der Waals surface area contributed by atoms with Gasteiger partial charge in [-0.25, -0.2) is 9.50 Å². The molecule has 1 spiro atoms. The van der Waals surface area contributed by atoms with Crippen LogP contribution in [0.1, 0.15) is 18.4 Å². The number of alkyl halides is 3. The van der Waals surface area contributed by atoms with Gasteiger partial charge in [0, 0.05) is 31.2 Å². The van der Waals surface area contributed by atoms with E-state index in [-0.39, 0.29) is 48.2 Å². The molecular weight excluding hydrogens is 414 g/mol. The predicted octanol–water partition coefficient (Wildman–Crippen LogP) is 3.29. The van der Waals surface area contributed by atoms with Gasteiger partial charge in [0.1, 0.15) is 11.8 Å². The van der Waals surface area contributed by atoms with E-state index in [4.69, 9.17) is 0 Å². The molecule has 1 unspecified atom stereocenters. The number of hydrogen-bond acceptors (Lipinski definition) is 4. The fourth-order valence-electron chi connectivity index (χ4n) is 3.80. The number of anilines is 1. The monoisotopic (exact) mass is 433 g/mol. The molecule has 0 aromatic carbocycles. The second-order valence-electron chi connectivity index (χ2n) is 6.65. The maximum atomic E-state index is 12.6. The van der Waals surface area contributed by atoms with Crippen LogP contribution in [0.5, 0.6) is 0 Å². The molecule has 148 valence electrons. The smallest absolute Gasteiger partial charge is 0.354 e. The zero-order chi connectivity index (χ0) is 16.1. The first-order valence-electron chi connectivity index (χ1n) is 7.79. The van der Waals surface area contributed by atoms with Gasteiger partial charge in [0.15, 0.2) is 5.82 Å². The Kier molecular flexibility index (Phi) is 7.43. The molecule has 2 aliphatic heterocycles. The largest absolute Gasteiger partial charge is 0.393 e. The van der Waals surface area contributed by atoms with Gasteiger partial charge in [-0.2, -0.15) is 18.3 Å². The highest BCUT2D eigenvalue weighted by Crippen LogP contribution is 2.38. The van der Waals surface area contributed by atoms with Crippen molar-refractivity contribution in [1.29, 1.82) is 0 Å². The van der Waals surface area contributed by atoms with Gasteiger partial charge >= 0.3 is 6.18 Å². The standard InChI is InChI=1S/C15H18F3N5.3ClH/c16-15(17,18)6-11-5-12-13(20-10-21-23(12)7-11)22-4-2-14(9-22)1-3-19-8-14;;;/h5,7,10,19H,1-4,6,8-9H2;3*1H. The quantitative estimate of drug-likeness (QED) is 0.788. The summed E-state index contributed by atoms with van der Waals surface area (Å²) in [6.45, 7) is 3.82. The van der Waals surface area contributed by atoms with Crippen molar-refractivity contribution in [2.45, 2.75) is 25.4 Å². The maximum absolute atomic E-state index is 12.6. The second-order valence-corrected chi connectivity index (χ2v) is 6.65. The molecule has 2 aromatic heterocycles. The molecular formula is C15H21Cl3F3N5. The molecule has 4 rings (SSSR count). The van der Waals surface area contributed by atoms with Crippen molar-refractivity contribution in [2.24, 2.45) is 5.41 Å². The normalized spacial score (nSPS) is 22.2. The highest BCUT2D eigenvalue weighted by Gasteiger charge is 2.41. The molecule has 1 atom stereocenters. The summed E-state index contributed by atoms with van der Waals surface area (Å²) in [5.74, 6) is 0.734. The Morgan fingerprint density at radius 1 is 1.19 bits per heavy atom.